The van der Waals surface area contributed by atoms with Gasteiger partial charge in [0.05, 0.1) is 24.8 Å². The molecule has 0 aliphatic carbocycles. The summed E-state index contributed by atoms with van der Waals surface area (Å²) in [7, 11) is -4.54. The van der Waals surface area contributed by atoms with E-state index in [-0.39, 0.29) is 5.41 Å². The lowest BCUT2D eigenvalue weighted by Crippen LogP contribution is -2.23. The van der Waals surface area contributed by atoms with Gasteiger partial charge in [-0.25, -0.2) is 8.42 Å². The first-order valence-electron chi connectivity index (χ1n) is 11.1. The summed E-state index contributed by atoms with van der Waals surface area (Å²) in [6, 6.07) is 15.3. The zero-order valence-electron chi connectivity index (χ0n) is 20.1. The van der Waals surface area contributed by atoms with E-state index in [4.69, 9.17) is 4.74 Å². The van der Waals surface area contributed by atoms with E-state index in [0.717, 1.165) is 51.6 Å². The van der Waals surface area contributed by atoms with Crippen molar-refractivity contribution in [2.24, 2.45) is 0 Å². The topological polar surface area (TPSA) is 99.1 Å². The second-order valence-corrected chi connectivity index (χ2v) is 13.6. The summed E-state index contributed by atoms with van der Waals surface area (Å²) in [5.74, 6) is 1.13. The van der Waals surface area contributed by atoms with Gasteiger partial charge in [-0.05, 0) is 58.5 Å². The molecule has 7 nitrogen and oxygen atoms in total. The fraction of sp³-hybridized carbons (Fsp3) is 0.360. The molecule has 0 bridgehead atoms. The highest BCUT2D eigenvalue weighted by Gasteiger charge is 2.32. The number of benzene rings is 3. The average Bonchev–Trinajstić information content (AvgIpc) is 3.09. The van der Waals surface area contributed by atoms with E-state index in [1.165, 1.54) is 0 Å². The first-order chi connectivity index (χ1) is 15.8. The van der Waals surface area contributed by atoms with Crippen LogP contribution in [0, 0.1) is 0 Å². The van der Waals surface area contributed by atoms with E-state index in [2.05, 4.69) is 25.5 Å². The number of hydrogen-bond acceptors (Lipinski definition) is 6. The van der Waals surface area contributed by atoms with Crippen molar-refractivity contribution < 1.29 is 22.3 Å². The summed E-state index contributed by atoms with van der Waals surface area (Å²) in [6.45, 7) is 6.91. The first kappa shape index (κ1) is 24.7. The summed E-state index contributed by atoms with van der Waals surface area (Å²) in [6.07, 6.45) is 1.86. The minimum Gasteiger partial charge on any atom is -0.496 e. The minimum absolute atomic E-state index is 0.234. The van der Waals surface area contributed by atoms with Gasteiger partial charge in [0.15, 0.2) is 0 Å². The first-order valence-corrected chi connectivity index (χ1v) is 14.6. The number of hydrogen-bond donors (Lipinski definition) is 3. The van der Waals surface area contributed by atoms with Crippen LogP contribution in [0.5, 0.6) is 5.75 Å². The van der Waals surface area contributed by atoms with Crippen LogP contribution in [0.1, 0.15) is 32.8 Å². The summed E-state index contributed by atoms with van der Waals surface area (Å²) < 4.78 is 54.5. The maximum Gasteiger partial charge on any atom is 0.229 e. The molecule has 3 aromatic carbocycles. The number of ether oxygens (including phenoxy) is 1. The Kier molecular flexibility index (Phi) is 6.27. The van der Waals surface area contributed by atoms with E-state index < -0.39 is 20.8 Å². The van der Waals surface area contributed by atoms with Gasteiger partial charge in [0, 0.05) is 23.4 Å². The Bertz CT molecular complexity index is 1350. The fourth-order valence-electron chi connectivity index (χ4n) is 4.40. The maximum atomic E-state index is 11.6. The van der Waals surface area contributed by atoms with E-state index in [1.54, 1.807) is 23.5 Å². The van der Waals surface area contributed by atoms with E-state index >= 15 is 0 Å². The zero-order chi connectivity index (χ0) is 24.9. The lowest BCUT2D eigenvalue weighted by atomic mass is 9.83. The lowest BCUT2D eigenvalue weighted by Gasteiger charge is -2.39. The van der Waals surface area contributed by atoms with Crippen LogP contribution in [0.15, 0.2) is 48.5 Å². The van der Waals surface area contributed by atoms with Crippen molar-refractivity contribution in [2.75, 3.05) is 34.7 Å². The monoisotopic (exact) mass is 504 g/mol. The molecule has 3 N–H and O–H groups in total. The second-order valence-electron chi connectivity index (χ2n) is 9.77. The third kappa shape index (κ3) is 4.98. The Morgan fingerprint density at radius 1 is 1.03 bits per heavy atom. The third-order valence-electron chi connectivity index (χ3n) is 5.96. The molecule has 0 aromatic heterocycles. The Morgan fingerprint density at radius 2 is 1.71 bits per heavy atom. The molecule has 0 saturated carbocycles. The molecule has 0 amide bonds. The van der Waals surface area contributed by atoms with Crippen molar-refractivity contribution in [3.05, 3.63) is 54.1 Å². The van der Waals surface area contributed by atoms with Crippen LogP contribution in [0.25, 0.3) is 21.9 Å². The van der Waals surface area contributed by atoms with Gasteiger partial charge in [-0.2, -0.15) is 0 Å². The van der Waals surface area contributed by atoms with Gasteiger partial charge in [0.25, 0.3) is 0 Å². The van der Waals surface area contributed by atoms with Crippen LogP contribution in [0.2, 0.25) is 0 Å². The lowest BCUT2D eigenvalue weighted by molar-refractivity contribution is 0.399. The molecule has 1 saturated heterocycles. The number of anilines is 2. The quantitative estimate of drug-likeness (QED) is 0.391. The van der Waals surface area contributed by atoms with Gasteiger partial charge in [-0.1, -0.05) is 39.0 Å². The molecule has 0 atom stereocenters. The molecule has 34 heavy (non-hydrogen) atoms. The summed E-state index contributed by atoms with van der Waals surface area (Å²) >= 11 is 0. The fourth-order valence-corrected chi connectivity index (χ4v) is 6.55. The molecule has 1 fully saturated rings. The van der Waals surface area contributed by atoms with Crippen molar-refractivity contribution in [1.82, 2.24) is 0 Å². The van der Waals surface area contributed by atoms with E-state index in [1.807, 2.05) is 36.4 Å². The van der Waals surface area contributed by atoms with Gasteiger partial charge in [0.1, 0.15) is 5.75 Å². The number of nitrogens with one attached hydrogen (secondary N) is 1. The highest BCUT2D eigenvalue weighted by Crippen LogP contribution is 2.53. The van der Waals surface area contributed by atoms with Crippen LogP contribution in [0.4, 0.5) is 11.4 Å². The van der Waals surface area contributed by atoms with Crippen molar-refractivity contribution in [3.8, 4) is 16.9 Å². The third-order valence-corrected chi connectivity index (χ3v) is 8.50. The molecule has 4 rings (SSSR count). The van der Waals surface area contributed by atoms with Crippen LogP contribution < -0.4 is 13.8 Å². The number of rotatable bonds is 5. The molecule has 9 heteroatoms. The second kappa shape index (κ2) is 8.64. The molecule has 0 unspecified atom stereocenters. The minimum atomic E-state index is -3.36. The summed E-state index contributed by atoms with van der Waals surface area (Å²) in [5.41, 5.74) is 3.82. The smallest absolute Gasteiger partial charge is 0.229 e. The number of fused-ring (bicyclic) bond motifs is 1. The molecule has 0 radical (unpaired) electrons. The Morgan fingerprint density at radius 3 is 2.29 bits per heavy atom. The molecular weight excluding hydrogens is 472 g/mol. The number of methoxy groups -OCH3 is 1. The molecule has 1 aliphatic heterocycles. The molecule has 1 aliphatic rings. The molecule has 0 spiro atoms. The SMILES string of the molecule is COc1c(-c2ccc3cc(NS(C)(=O)=O)ccc3c2)cc(N2CCCS2(O)O)cc1C(C)(C)C. The standard InChI is InChI=1S/C25H32N2O5S2/c1-25(2,3)23-16-21(27-11-6-12-34(27,30)31)15-22(24(23)32-4)19-8-7-18-14-20(26-33(5,28)29)10-9-17(18)13-19/h7-10,13-16,26,30-31H,6,11-12H2,1-5H3. The van der Waals surface area contributed by atoms with Gasteiger partial charge in [0.2, 0.25) is 10.0 Å². The van der Waals surface area contributed by atoms with E-state index in [0.29, 0.717) is 18.0 Å². The van der Waals surface area contributed by atoms with Crippen molar-refractivity contribution in [1.29, 1.82) is 0 Å². The summed E-state index contributed by atoms with van der Waals surface area (Å²) in [4.78, 5) is 0. The predicted octanol–water partition coefficient (Wildman–Crippen LogP) is 6.06. The van der Waals surface area contributed by atoms with Gasteiger partial charge in [-0.15, -0.1) is 10.8 Å². The van der Waals surface area contributed by atoms with Crippen molar-refractivity contribution >= 4 is 42.9 Å². The van der Waals surface area contributed by atoms with Crippen LogP contribution >= 0.6 is 10.8 Å². The maximum absolute atomic E-state index is 11.6. The molecular formula is C25H32N2O5S2. The molecule has 1 heterocycles. The van der Waals surface area contributed by atoms with Crippen LogP contribution in [-0.2, 0) is 15.4 Å². The van der Waals surface area contributed by atoms with Crippen LogP contribution in [0.3, 0.4) is 0 Å². The van der Waals surface area contributed by atoms with E-state index in [9.17, 15) is 17.5 Å². The predicted molar refractivity (Wildman–Crippen MR) is 143 cm³/mol. The van der Waals surface area contributed by atoms with Gasteiger partial charge in [-0.3, -0.25) is 18.1 Å². The Labute approximate surface area is 203 Å². The molecule has 184 valence electrons. The summed E-state index contributed by atoms with van der Waals surface area (Å²) in [5, 5.41) is 1.85. The number of nitrogens with zero attached hydrogens (tertiary/aromatic N) is 1. The number of sulfonamides is 1. The van der Waals surface area contributed by atoms with Gasteiger partial charge >= 0.3 is 0 Å². The zero-order valence-corrected chi connectivity index (χ0v) is 21.8. The largest absolute Gasteiger partial charge is 0.496 e. The normalized spacial score (nSPS) is 17.1. The highest BCUT2D eigenvalue weighted by molar-refractivity contribution is 8.25. The highest BCUT2D eigenvalue weighted by atomic mass is 32.3. The average molecular weight is 505 g/mol. The van der Waals surface area contributed by atoms with Crippen molar-refractivity contribution in [3.63, 3.8) is 0 Å². The van der Waals surface area contributed by atoms with Crippen molar-refractivity contribution in [2.45, 2.75) is 32.6 Å². The van der Waals surface area contributed by atoms with Crippen LogP contribution in [-0.4, -0.2) is 43.2 Å². The van der Waals surface area contributed by atoms with Gasteiger partial charge < -0.3 is 4.74 Å². The Hall–Kier alpha value is -2.46. The Balaban J connectivity index is 1.88. The molecule has 3 aromatic rings.